The molecule has 3 rings (SSSR count). The van der Waals surface area contributed by atoms with Crippen molar-refractivity contribution in [2.24, 2.45) is 22.9 Å². The van der Waals surface area contributed by atoms with E-state index in [1.54, 1.807) is 0 Å². The highest BCUT2D eigenvalue weighted by atomic mass is 16.7. The maximum atomic E-state index is 12.6. The first kappa shape index (κ1) is 33.3. The van der Waals surface area contributed by atoms with Crippen LogP contribution in [0.5, 0.6) is 0 Å². The van der Waals surface area contributed by atoms with Crippen LogP contribution in [0.2, 0.25) is 0 Å². The molecule has 0 aromatic carbocycles. The molecule has 3 fully saturated rings. The van der Waals surface area contributed by atoms with E-state index in [9.17, 15) is 45.6 Å². The minimum Gasteiger partial charge on any atom is -0.394 e. The molecule has 16 atom stereocenters. The first-order valence-electron chi connectivity index (χ1n) is 13.1. The van der Waals surface area contributed by atoms with E-state index in [2.05, 4.69) is 5.32 Å². The second kappa shape index (κ2) is 14.3. The van der Waals surface area contributed by atoms with Crippen LogP contribution in [-0.2, 0) is 23.7 Å². The van der Waals surface area contributed by atoms with Crippen molar-refractivity contribution in [2.75, 3.05) is 19.7 Å². The zero-order chi connectivity index (χ0) is 29.9. The Morgan fingerprint density at radius 1 is 0.850 bits per heavy atom. The summed E-state index contributed by atoms with van der Waals surface area (Å²) in [6, 6.07) is -3.45. The molecule has 2 saturated heterocycles. The predicted molar refractivity (Wildman–Crippen MR) is 131 cm³/mol. The van der Waals surface area contributed by atoms with E-state index in [1.165, 1.54) is 0 Å². The van der Waals surface area contributed by atoms with Crippen LogP contribution in [0.15, 0.2) is 0 Å². The summed E-state index contributed by atoms with van der Waals surface area (Å²) in [4.78, 5) is 12.6. The number of carbonyl (C=O) groups is 1. The summed E-state index contributed by atoms with van der Waals surface area (Å²) in [6.45, 7) is -0.898. The second-order valence-electron chi connectivity index (χ2n) is 10.3. The van der Waals surface area contributed by atoms with Gasteiger partial charge in [-0.05, 0) is 19.4 Å². The van der Waals surface area contributed by atoms with E-state index < -0.39 is 110 Å². The van der Waals surface area contributed by atoms with E-state index in [0.717, 1.165) is 0 Å². The fourth-order valence-corrected chi connectivity index (χ4v) is 5.07. The van der Waals surface area contributed by atoms with Crippen molar-refractivity contribution in [2.45, 2.75) is 111 Å². The van der Waals surface area contributed by atoms with Crippen LogP contribution in [0.3, 0.4) is 0 Å². The van der Waals surface area contributed by atoms with Crippen molar-refractivity contribution in [3.8, 4) is 0 Å². The van der Waals surface area contributed by atoms with Gasteiger partial charge in [0.1, 0.15) is 67.1 Å². The number of nitrogens with two attached hydrogens (primary N) is 4. The lowest BCUT2D eigenvalue weighted by atomic mass is 9.83. The van der Waals surface area contributed by atoms with Crippen molar-refractivity contribution >= 4 is 5.91 Å². The Morgan fingerprint density at radius 3 is 2.05 bits per heavy atom. The molecule has 1 saturated carbocycles. The Bertz CT molecular complexity index is 815. The lowest BCUT2D eigenvalue weighted by Gasteiger charge is -2.49. The van der Waals surface area contributed by atoms with Gasteiger partial charge in [-0.15, -0.1) is 0 Å². The Morgan fingerprint density at radius 2 is 1.45 bits per heavy atom. The Hall–Kier alpha value is -1.17. The molecule has 17 N–H and O–H groups in total. The van der Waals surface area contributed by atoms with Crippen molar-refractivity contribution in [3.63, 3.8) is 0 Å². The van der Waals surface area contributed by atoms with E-state index in [4.69, 9.17) is 41.9 Å². The highest BCUT2D eigenvalue weighted by Crippen LogP contribution is 2.32. The molecule has 18 heteroatoms. The summed E-state index contributed by atoms with van der Waals surface area (Å²) in [5.74, 6) is -0.845. The number of nitrogens with one attached hydrogen (secondary N) is 1. The smallest absolute Gasteiger partial charge is 0.249 e. The summed E-state index contributed by atoms with van der Waals surface area (Å²) in [6.07, 6.45) is -19.8. The van der Waals surface area contributed by atoms with Crippen LogP contribution >= 0.6 is 0 Å². The largest absolute Gasteiger partial charge is 0.394 e. The Labute approximate surface area is 229 Å². The fraction of sp³-hybridized carbons (Fsp3) is 0.955. The molecule has 1 unspecified atom stereocenters. The zero-order valence-corrected chi connectivity index (χ0v) is 21.7. The van der Waals surface area contributed by atoms with Crippen LogP contribution in [0.1, 0.15) is 12.8 Å². The summed E-state index contributed by atoms with van der Waals surface area (Å²) >= 11 is 0. The van der Waals surface area contributed by atoms with E-state index in [1.807, 2.05) is 0 Å². The Kier molecular flexibility index (Phi) is 11.9. The predicted octanol–water partition coefficient (Wildman–Crippen LogP) is -8.42. The van der Waals surface area contributed by atoms with Gasteiger partial charge < -0.3 is 88.1 Å². The van der Waals surface area contributed by atoms with Crippen LogP contribution < -0.4 is 28.3 Å². The number of ether oxygens (including phenoxy) is 4. The monoisotopic (exact) mass is 585 g/mol. The van der Waals surface area contributed by atoms with E-state index in [-0.39, 0.29) is 25.9 Å². The summed E-state index contributed by atoms with van der Waals surface area (Å²) in [7, 11) is 0. The third-order valence-electron chi connectivity index (χ3n) is 7.51. The molecular formula is C22H43N5O13. The lowest BCUT2D eigenvalue weighted by Crippen LogP contribution is -2.69. The number of rotatable bonds is 10. The SMILES string of the molecule is NCC[C@H](O)C(=O)NC1C[C@H](N)[C@@H](O[C@H]2O[C@H](CN)[C@H](O)[C@H](O)[C@H]2O)[C@H](O)[C@H]1O[C@H]1O[C@H](CO)[C@@H](O)[C@H](N)[C@H]1O. The minimum atomic E-state index is -1.76. The number of amides is 1. The first-order valence-corrected chi connectivity index (χ1v) is 13.1. The molecule has 18 nitrogen and oxygen atoms in total. The van der Waals surface area contributed by atoms with Crippen LogP contribution in [0, 0.1) is 0 Å². The van der Waals surface area contributed by atoms with Gasteiger partial charge in [-0.1, -0.05) is 0 Å². The zero-order valence-electron chi connectivity index (χ0n) is 21.7. The van der Waals surface area contributed by atoms with Crippen LogP contribution in [0.25, 0.3) is 0 Å². The van der Waals surface area contributed by atoms with Gasteiger partial charge in [0.2, 0.25) is 5.91 Å². The number of hydrogen-bond donors (Lipinski definition) is 13. The molecule has 0 radical (unpaired) electrons. The number of aliphatic hydroxyl groups excluding tert-OH is 8. The topological polar surface area (TPSA) is 332 Å². The van der Waals surface area contributed by atoms with Gasteiger partial charge >= 0.3 is 0 Å². The van der Waals surface area contributed by atoms with Gasteiger partial charge in [0.25, 0.3) is 0 Å². The summed E-state index contributed by atoms with van der Waals surface area (Å²) in [5, 5.41) is 84.9. The van der Waals surface area contributed by atoms with Gasteiger partial charge in [0, 0.05) is 12.6 Å². The van der Waals surface area contributed by atoms with Gasteiger partial charge in [-0.25, -0.2) is 0 Å². The maximum Gasteiger partial charge on any atom is 0.249 e. The number of carbonyl (C=O) groups excluding carboxylic acids is 1. The minimum absolute atomic E-state index is 0.0101. The van der Waals surface area contributed by atoms with Crippen LogP contribution in [0.4, 0.5) is 0 Å². The molecule has 40 heavy (non-hydrogen) atoms. The van der Waals surface area contributed by atoms with E-state index in [0.29, 0.717) is 0 Å². The molecule has 1 aliphatic carbocycles. The number of aliphatic hydroxyl groups is 8. The molecule has 2 aliphatic heterocycles. The van der Waals surface area contributed by atoms with Gasteiger partial charge in [0.15, 0.2) is 12.6 Å². The molecule has 234 valence electrons. The molecule has 3 aliphatic rings. The highest BCUT2D eigenvalue weighted by molar-refractivity contribution is 5.80. The standard InChI is InChI=1S/C22H43N5O13/c23-2-1-8(29)20(36)27-7-3-6(25)18(39-22-16(34)15(33)13(31)9(4-24)37-22)17(35)19(7)40-21-14(32)11(26)12(30)10(5-28)38-21/h6-19,21-22,28-35H,1-5,23-26H2,(H,27,36)/t6-,7?,8-,9+,10+,11-,12+,13-,14+,15-,16+,17-,18+,19-,21+,22+/m0/s1. The second-order valence-corrected chi connectivity index (χ2v) is 10.3. The molecule has 1 amide bonds. The normalized spacial score (nSPS) is 47.0. The third-order valence-corrected chi connectivity index (χ3v) is 7.51. The molecule has 0 bridgehead atoms. The lowest BCUT2D eigenvalue weighted by molar-refractivity contribution is -0.332. The van der Waals surface area contributed by atoms with Crippen molar-refractivity contribution < 1.29 is 64.6 Å². The van der Waals surface area contributed by atoms with Gasteiger partial charge in [0.05, 0.1) is 18.7 Å². The average Bonchev–Trinajstić information content (AvgIpc) is 2.92. The highest BCUT2D eigenvalue weighted by Gasteiger charge is 2.52. The molecular weight excluding hydrogens is 542 g/mol. The van der Waals surface area contributed by atoms with Crippen molar-refractivity contribution in [1.82, 2.24) is 5.32 Å². The van der Waals surface area contributed by atoms with Crippen molar-refractivity contribution in [1.29, 1.82) is 0 Å². The third kappa shape index (κ3) is 7.06. The van der Waals surface area contributed by atoms with Crippen molar-refractivity contribution in [3.05, 3.63) is 0 Å². The molecule has 0 aromatic rings. The Balaban J connectivity index is 1.85. The number of hydrogen-bond acceptors (Lipinski definition) is 17. The quantitative estimate of drug-likeness (QED) is 0.113. The molecule has 2 heterocycles. The first-order chi connectivity index (χ1) is 18.9. The maximum absolute atomic E-state index is 12.6. The summed E-state index contributed by atoms with van der Waals surface area (Å²) in [5.41, 5.74) is 23.1. The molecule has 0 spiro atoms. The van der Waals surface area contributed by atoms with Crippen LogP contribution in [-0.4, -0.2) is 164 Å². The fourth-order valence-electron chi connectivity index (χ4n) is 5.07. The van der Waals surface area contributed by atoms with E-state index >= 15 is 0 Å². The van der Waals surface area contributed by atoms with Gasteiger partial charge in [-0.3, -0.25) is 4.79 Å². The average molecular weight is 586 g/mol. The summed E-state index contributed by atoms with van der Waals surface area (Å²) < 4.78 is 22.5. The molecule has 0 aromatic heterocycles. The van der Waals surface area contributed by atoms with Gasteiger partial charge in [-0.2, -0.15) is 0 Å².